The molecule has 0 fully saturated rings. The van der Waals surface area contributed by atoms with Crippen molar-refractivity contribution in [1.82, 2.24) is 4.98 Å². The summed E-state index contributed by atoms with van der Waals surface area (Å²) >= 11 is 0. The first-order chi connectivity index (χ1) is 10.6. The van der Waals surface area contributed by atoms with Crippen LogP contribution in [0.5, 0.6) is 0 Å². The van der Waals surface area contributed by atoms with Crippen LogP contribution in [0, 0.1) is 6.92 Å². The van der Waals surface area contributed by atoms with Gasteiger partial charge in [0.05, 0.1) is 22.4 Å². The Morgan fingerprint density at radius 3 is 1.91 bits per heavy atom. The molecule has 1 aromatic carbocycles. The normalized spacial score (nSPS) is 11.3. The molecular weight excluding hydrogens is 315 g/mol. The molecule has 0 atom stereocenters. The van der Waals surface area contributed by atoms with Crippen LogP contribution in [0.4, 0.5) is 13.2 Å². The van der Waals surface area contributed by atoms with Crippen molar-refractivity contribution in [2.45, 2.75) is 13.1 Å². The minimum absolute atomic E-state index is 0.159. The van der Waals surface area contributed by atoms with Gasteiger partial charge in [-0.3, -0.25) is 4.98 Å². The van der Waals surface area contributed by atoms with Crippen molar-refractivity contribution in [1.29, 1.82) is 0 Å². The van der Waals surface area contributed by atoms with E-state index in [9.17, 15) is 33.0 Å². The second-order valence-corrected chi connectivity index (χ2v) is 4.78. The Morgan fingerprint density at radius 1 is 1.04 bits per heavy atom. The van der Waals surface area contributed by atoms with Crippen molar-refractivity contribution in [2.24, 2.45) is 0 Å². The highest BCUT2D eigenvalue weighted by Crippen LogP contribution is 2.32. The number of rotatable bonds is 3. The summed E-state index contributed by atoms with van der Waals surface area (Å²) in [6, 6.07) is 4.15. The van der Waals surface area contributed by atoms with Gasteiger partial charge in [-0.1, -0.05) is 0 Å². The van der Waals surface area contributed by atoms with Crippen molar-refractivity contribution < 1.29 is 33.0 Å². The van der Waals surface area contributed by atoms with Gasteiger partial charge >= 0.3 is 18.1 Å². The van der Waals surface area contributed by atoms with E-state index < -0.39 is 23.7 Å². The molecule has 0 radical (unpaired) electrons. The number of benzene rings is 1. The number of halogens is 3. The average molecular weight is 325 g/mol. The molecule has 0 aliphatic carbocycles. The third-order valence-corrected chi connectivity index (χ3v) is 3.09. The second-order valence-electron chi connectivity index (χ2n) is 4.78. The van der Waals surface area contributed by atoms with E-state index in [0.29, 0.717) is 11.8 Å². The summed E-state index contributed by atoms with van der Waals surface area (Å²) in [7, 11) is 0. The van der Waals surface area contributed by atoms with Gasteiger partial charge in [0, 0.05) is 11.8 Å². The molecular formula is C15H10F3NO4. The Kier molecular flexibility index (Phi) is 4.09. The highest BCUT2D eigenvalue weighted by Gasteiger charge is 2.31. The summed E-state index contributed by atoms with van der Waals surface area (Å²) in [5.41, 5.74) is -1.68. The first-order valence-electron chi connectivity index (χ1n) is 6.26. The van der Waals surface area contributed by atoms with Crippen LogP contribution in [-0.2, 0) is 6.18 Å². The smallest absolute Gasteiger partial charge is 0.417 e. The lowest BCUT2D eigenvalue weighted by Gasteiger charge is -2.12. The Labute approximate surface area is 128 Å². The highest BCUT2D eigenvalue weighted by molar-refractivity contribution is 6.04. The van der Waals surface area contributed by atoms with Crippen molar-refractivity contribution >= 4 is 11.9 Å². The SMILES string of the molecule is Cc1cc(C(=O)O)c(-c2ccc(C(F)(F)F)cn2)c(C(=O)O)c1. The maximum Gasteiger partial charge on any atom is 0.417 e. The second kappa shape index (κ2) is 5.71. The number of aromatic nitrogens is 1. The molecule has 5 nitrogen and oxygen atoms in total. The predicted molar refractivity (Wildman–Crippen MR) is 73.3 cm³/mol. The lowest BCUT2D eigenvalue weighted by atomic mass is 9.95. The number of alkyl halides is 3. The number of nitrogens with zero attached hydrogens (tertiary/aromatic N) is 1. The summed E-state index contributed by atoms with van der Waals surface area (Å²) in [5, 5.41) is 18.5. The van der Waals surface area contributed by atoms with Crippen LogP contribution in [-0.4, -0.2) is 27.1 Å². The molecule has 0 saturated carbocycles. The molecule has 0 spiro atoms. The summed E-state index contributed by atoms with van der Waals surface area (Å²) < 4.78 is 37.7. The van der Waals surface area contributed by atoms with E-state index in [0.717, 1.165) is 12.1 Å². The van der Waals surface area contributed by atoms with E-state index in [1.807, 2.05) is 0 Å². The summed E-state index contributed by atoms with van der Waals surface area (Å²) in [4.78, 5) is 26.3. The zero-order valence-electron chi connectivity index (χ0n) is 11.7. The number of hydrogen-bond acceptors (Lipinski definition) is 3. The van der Waals surface area contributed by atoms with Crippen LogP contribution in [0.1, 0.15) is 31.8 Å². The van der Waals surface area contributed by atoms with Crippen molar-refractivity contribution in [2.75, 3.05) is 0 Å². The van der Waals surface area contributed by atoms with E-state index in [1.165, 1.54) is 19.1 Å². The molecule has 120 valence electrons. The van der Waals surface area contributed by atoms with Gasteiger partial charge in [0.1, 0.15) is 0 Å². The monoisotopic (exact) mass is 325 g/mol. The largest absolute Gasteiger partial charge is 0.478 e. The molecule has 0 aliphatic rings. The fourth-order valence-corrected chi connectivity index (χ4v) is 2.11. The number of carboxylic acid groups (broad SMARTS) is 2. The van der Waals surface area contributed by atoms with Crippen molar-refractivity contribution in [3.8, 4) is 11.3 Å². The molecule has 0 amide bonds. The first-order valence-corrected chi connectivity index (χ1v) is 6.26. The fourth-order valence-electron chi connectivity index (χ4n) is 2.11. The van der Waals surface area contributed by atoms with Gasteiger partial charge in [-0.15, -0.1) is 0 Å². The molecule has 8 heteroatoms. The fraction of sp³-hybridized carbons (Fsp3) is 0.133. The summed E-state index contributed by atoms with van der Waals surface area (Å²) in [6.07, 6.45) is -4.06. The van der Waals surface area contributed by atoms with Gasteiger partial charge in [0.15, 0.2) is 0 Å². The maximum atomic E-state index is 12.6. The van der Waals surface area contributed by atoms with E-state index in [4.69, 9.17) is 0 Å². The van der Waals surface area contributed by atoms with E-state index in [2.05, 4.69) is 4.98 Å². The van der Waals surface area contributed by atoms with Crippen LogP contribution in [0.25, 0.3) is 11.3 Å². The molecule has 0 aliphatic heterocycles. The number of aromatic carboxylic acids is 2. The number of carboxylic acids is 2. The highest BCUT2D eigenvalue weighted by atomic mass is 19.4. The molecule has 23 heavy (non-hydrogen) atoms. The number of aryl methyl sites for hydroxylation is 1. The number of pyridine rings is 1. The molecule has 1 aromatic heterocycles. The minimum atomic E-state index is -4.59. The van der Waals surface area contributed by atoms with E-state index in [-0.39, 0.29) is 22.4 Å². The standard InChI is InChI=1S/C15H10F3NO4/c1-7-4-9(13(20)21)12(10(5-7)14(22)23)11-3-2-8(6-19-11)15(16,17)18/h2-6H,1H3,(H,20,21)(H,22,23). The van der Waals surface area contributed by atoms with Crippen LogP contribution in [0.3, 0.4) is 0 Å². The van der Waals surface area contributed by atoms with Gasteiger partial charge in [0.25, 0.3) is 0 Å². The van der Waals surface area contributed by atoms with E-state index >= 15 is 0 Å². The zero-order chi connectivity index (χ0) is 17.4. The number of hydrogen-bond donors (Lipinski definition) is 2. The number of carbonyl (C=O) groups is 2. The Bertz CT molecular complexity index is 747. The summed E-state index contributed by atoms with van der Waals surface area (Å²) in [6.45, 7) is 1.52. The average Bonchev–Trinajstić information content (AvgIpc) is 2.45. The molecule has 2 aromatic rings. The Balaban J connectivity index is 2.71. The van der Waals surface area contributed by atoms with Gasteiger partial charge in [-0.25, -0.2) is 9.59 Å². The van der Waals surface area contributed by atoms with Crippen LogP contribution < -0.4 is 0 Å². The van der Waals surface area contributed by atoms with Gasteiger partial charge in [-0.05, 0) is 36.8 Å². The van der Waals surface area contributed by atoms with Crippen LogP contribution in [0.2, 0.25) is 0 Å². The minimum Gasteiger partial charge on any atom is -0.478 e. The quantitative estimate of drug-likeness (QED) is 0.902. The maximum absolute atomic E-state index is 12.6. The summed E-state index contributed by atoms with van der Waals surface area (Å²) in [5.74, 6) is -2.79. The molecule has 2 rings (SSSR count). The molecule has 2 N–H and O–H groups in total. The lowest BCUT2D eigenvalue weighted by molar-refractivity contribution is -0.137. The van der Waals surface area contributed by atoms with Gasteiger partial charge in [0.2, 0.25) is 0 Å². The molecule has 1 heterocycles. The molecule has 0 bridgehead atoms. The van der Waals surface area contributed by atoms with Gasteiger partial charge in [-0.2, -0.15) is 13.2 Å². The zero-order valence-corrected chi connectivity index (χ0v) is 11.7. The third kappa shape index (κ3) is 3.31. The predicted octanol–water partition coefficient (Wildman–Crippen LogP) is 3.47. The van der Waals surface area contributed by atoms with Crippen LogP contribution in [0.15, 0.2) is 30.5 Å². The first kappa shape index (κ1) is 16.5. The Hall–Kier alpha value is -2.90. The van der Waals surface area contributed by atoms with Crippen LogP contribution >= 0.6 is 0 Å². The molecule has 0 unspecified atom stereocenters. The molecule has 0 saturated heterocycles. The van der Waals surface area contributed by atoms with Crippen molar-refractivity contribution in [3.05, 3.63) is 52.7 Å². The lowest BCUT2D eigenvalue weighted by Crippen LogP contribution is -2.10. The van der Waals surface area contributed by atoms with Gasteiger partial charge < -0.3 is 10.2 Å². The third-order valence-electron chi connectivity index (χ3n) is 3.09. The van der Waals surface area contributed by atoms with Crippen molar-refractivity contribution in [3.63, 3.8) is 0 Å². The Morgan fingerprint density at radius 2 is 1.57 bits per heavy atom. The topological polar surface area (TPSA) is 87.5 Å². The van der Waals surface area contributed by atoms with E-state index in [1.54, 1.807) is 0 Å².